The van der Waals surface area contributed by atoms with Gasteiger partial charge in [0, 0.05) is 49.7 Å². The quantitative estimate of drug-likeness (QED) is 0.519. The number of hydrogen-bond acceptors (Lipinski definition) is 8. The zero-order chi connectivity index (χ0) is 19.6. The Labute approximate surface area is 171 Å². The van der Waals surface area contributed by atoms with Gasteiger partial charge in [-0.3, -0.25) is 9.78 Å². The predicted octanol–water partition coefficient (Wildman–Crippen LogP) is 2.51. The fourth-order valence-electron chi connectivity index (χ4n) is 3.41. The molecule has 4 heterocycles. The van der Waals surface area contributed by atoms with E-state index in [2.05, 4.69) is 28.8 Å². The van der Waals surface area contributed by atoms with E-state index in [-0.39, 0.29) is 5.91 Å². The summed E-state index contributed by atoms with van der Waals surface area (Å²) in [5.74, 6) is 0.851. The van der Waals surface area contributed by atoms with Crippen LogP contribution in [0.4, 0.5) is 5.82 Å². The summed E-state index contributed by atoms with van der Waals surface area (Å²) in [6.07, 6.45) is 3.48. The zero-order valence-electron chi connectivity index (χ0n) is 15.5. The number of nitrogens with zero attached hydrogens (tertiary/aromatic N) is 7. The number of aromatic nitrogens is 5. The van der Waals surface area contributed by atoms with Gasteiger partial charge in [-0.2, -0.15) is 8.75 Å². The first-order valence-electron chi connectivity index (χ1n) is 9.28. The monoisotopic (exact) mass is 403 g/mol. The molecule has 0 N–H and O–H groups in total. The van der Waals surface area contributed by atoms with Crippen LogP contribution in [0.15, 0.2) is 54.9 Å². The summed E-state index contributed by atoms with van der Waals surface area (Å²) in [7, 11) is 0. The number of pyridine rings is 1. The Balaban J connectivity index is 1.24. The zero-order valence-corrected chi connectivity index (χ0v) is 16.3. The Kier molecular flexibility index (Phi) is 4.57. The molecule has 1 aliphatic rings. The number of carbonyl (C=O) groups excluding carboxylic acids is 1. The van der Waals surface area contributed by atoms with E-state index >= 15 is 0 Å². The third-order valence-corrected chi connectivity index (χ3v) is 5.57. The summed E-state index contributed by atoms with van der Waals surface area (Å²) in [4.78, 5) is 20.9. The summed E-state index contributed by atoms with van der Waals surface area (Å²) in [5, 5.41) is 8.71. The van der Waals surface area contributed by atoms with Crippen molar-refractivity contribution < 1.29 is 4.79 Å². The Bertz CT molecular complexity index is 1140. The molecule has 29 heavy (non-hydrogen) atoms. The molecule has 1 amide bonds. The van der Waals surface area contributed by atoms with E-state index in [1.165, 1.54) is 0 Å². The van der Waals surface area contributed by atoms with Crippen LogP contribution in [0.2, 0.25) is 0 Å². The third-order valence-electron chi connectivity index (χ3n) is 5.02. The van der Waals surface area contributed by atoms with Crippen LogP contribution in [-0.4, -0.2) is 60.9 Å². The number of fused-ring (bicyclic) bond motifs is 1. The highest BCUT2D eigenvalue weighted by molar-refractivity contribution is 7.00. The van der Waals surface area contributed by atoms with Crippen molar-refractivity contribution in [2.45, 2.75) is 0 Å². The Morgan fingerprint density at radius 3 is 2.41 bits per heavy atom. The smallest absolute Gasteiger partial charge is 0.254 e. The maximum Gasteiger partial charge on any atom is 0.254 e. The summed E-state index contributed by atoms with van der Waals surface area (Å²) < 4.78 is 8.40. The molecule has 0 aliphatic carbocycles. The molecule has 3 aromatic heterocycles. The fraction of sp³-hybridized carbons (Fsp3) is 0.200. The van der Waals surface area contributed by atoms with Crippen LogP contribution in [0.25, 0.3) is 22.3 Å². The third kappa shape index (κ3) is 3.52. The number of carbonyl (C=O) groups is 1. The van der Waals surface area contributed by atoms with Crippen molar-refractivity contribution in [1.82, 2.24) is 28.8 Å². The first-order chi connectivity index (χ1) is 14.3. The number of benzene rings is 1. The molecular formula is C20H17N7OS. The molecule has 0 spiro atoms. The lowest BCUT2D eigenvalue weighted by molar-refractivity contribution is 0.0746. The number of rotatable bonds is 3. The van der Waals surface area contributed by atoms with Crippen LogP contribution < -0.4 is 4.90 Å². The van der Waals surface area contributed by atoms with Gasteiger partial charge in [-0.15, -0.1) is 10.2 Å². The molecule has 144 valence electrons. The van der Waals surface area contributed by atoms with Gasteiger partial charge in [-0.25, -0.2) is 0 Å². The largest absolute Gasteiger partial charge is 0.352 e. The average Bonchev–Trinajstić information content (AvgIpc) is 3.27. The summed E-state index contributed by atoms with van der Waals surface area (Å²) in [5.41, 5.74) is 4.05. The topological polar surface area (TPSA) is 88.0 Å². The molecule has 0 radical (unpaired) electrons. The minimum absolute atomic E-state index is 0.0265. The number of amides is 1. The van der Waals surface area contributed by atoms with Crippen molar-refractivity contribution in [2.24, 2.45) is 0 Å². The number of piperazine rings is 1. The molecule has 1 aliphatic heterocycles. The summed E-state index contributed by atoms with van der Waals surface area (Å²) in [6, 6.07) is 13.2. The second-order valence-corrected chi connectivity index (χ2v) is 7.29. The molecule has 0 bridgehead atoms. The van der Waals surface area contributed by atoms with E-state index < -0.39 is 0 Å². The van der Waals surface area contributed by atoms with Gasteiger partial charge in [-0.05, 0) is 42.5 Å². The molecule has 9 heteroatoms. The molecular weight excluding hydrogens is 386 g/mol. The van der Waals surface area contributed by atoms with Crippen molar-refractivity contribution in [3.05, 3.63) is 60.4 Å². The Morgan fingerprint density at radius 1 is 0.862 bits per heavy atom. The molecule has 0 saturated carbocycles. The van der Waals surface area contributed by atoms with Gasteiger partial charge in [0.2, 0.25) is 0 Å². The second kappa shape index (κ2) is 7.51. The molecule has 0 atom stereocenters. The Hall–Kier alpha value is -3.46. The maximum absolute atomic E-state index is 12.8. The van der Waals surface area contributed by atoms with Crippen LogP contribution in [0.5, 0.6) is 0 Å². The molecule has 1 fully saturated rings. The van der Waals surface area contributed by atoms with Crippen molar-refractivity contribution >= 4 is 34.5 Å². The van der Waals surface area contributed by atoms with Gasteiger partial charge in [0.1, 0.15) is 11.0 Å². The summed E-state index contributed by atoms with van der Waals surface area (Å²) in [6.45, 7) is 2.71. The minimum Gasteiger partial charge on any atom is -0.352 e. The van der Waals surface area contributed by atoms with E-state index in [4.69, 9.17) is 0 Å². The van der Waals surface area contributed by atoms with Crippen LogP contribution in [0.3, 0.4) is 0 Å². The molecule has 0 unspecified atom stereocenters. The van der Waals surface area contributed by atoms with Gasteiger partial charge in [0.15, 0.2) is 5.82 Å². The highest BCUT2D eigenvalue weighted by Gasteiger charge is 2.23. The van der Waals surface area contributed by atoms with E-state index in [0.29, 0.717) is 18.7 Å². The molecule has 5 rings (SSSR count). The van der Waals surface area contributed by atoms with Crippen molar-refractivity contribution in [3.63, 3.8) is 0 Å². The first-order valence-corrected chi connectivity index (χ1v) is 10.0. The highest BCUT2D eigenvalue weighted by Crippen LogP contribution is 2.20. The number of hydrogen-bond donors (Lipinski definition) is 0. The second-order valence-electron chi connectivity index (χ2n) is 6.76. The van der Waals surface area contributed by atoms with Crippen LogP contribution in [-0.2, 0) is 0 Å². The van der Waals surface area contributed by atoms with Crippen LogP contribution in [0.1, 0.15) is 10.4 Å². The lowest BCUT2D eigenvalue weighted by atomic mass is 10.1. The van der Waals surface area contributed by atoms with E-state index in [1.807, 2.05) is 47.4 Å². The molecule has 8 nitrogen and oxygen atoms in total. The number of anilines is 1. The normalized spacial score (nSPS) is 14.3. The first kappa shape index (κ1) is 17.6. The maximum atomic E-state index is 12.8. The predicted molar refractivity (Wildman–Crippen MR) is 111 cm³/mol. The standard InChI is InChI=1S/C20H17N7OS/c28-20(15-1-2-17-18(13-15)25-29-24-17)27-11-9-26(10-12-27)19-4-3-16(22-23-19)14-5-7-21-8-6-14/h1-8,13H,9-12H2. The van der Waals surface area contributed by atoms with Crippen LogP contribution >= 0.6 is 11.7 Å². The lowest BCUT2D eigenvalue weighted by Gasteiger charge is -2.35. The fourth-order valence-corrected chi connectivity index (χ4v) is 3.92. The van der Waals surface area contributed by atoms with Gasteiger partial charge < -0.3 is 9.80 Å². The molecule has 1 aromatic carbocycles. The van der Waals surface area contributed by atoms with Gasteiger partial charge >= 0.3 is 0 Å². The van der Waals surface area contributed by atoms with Crippen molar-refractivity contribution in [2.75, 3.05) is 31.1 Å². The average molecular weight is 403 g/mol. The van der Waals surface area contributed by atoms with E-state index in [0.717, 1.165) is 52.9 Å². The Morgan fingerprint density at radius 2 is 1.66 bits per heavy atom. The van der Waals surface area contributed by atoms with E-state index in [1.54, 1.807) is 12.4 Å². The SMILES string of the molecule is O=C(c1ccc2nsnc2c1)N1CCN(c2ccc(-c3ccncc3)nn2)CC1. The molecule has 4 aromatic rings. The van der Waals surface area contributed by atoms with Crippen LogP contribution in [0, 0.1) is 0 Å². The van der Waals surface area contributed by atoms with Crippen molar-refractivity contribution in [1.29, 1.82) is 0 Å². The van der Waals surface area contributed by atoms with E-state index in [9.17, 15) is 4.79 Å². The lowest BCUT2D eigenvalue weighted by Crippen LogP contribution is -2.49. The minimum atomic E-state index is 0.0265. The molecule has 1 saturated heterocycles. The van der Waals surface area contributed by atoms with Crippen molar-refractivity contribution in [3.8, 4) is 11.3 Å². The van der Waals surface area contributed by atoms with Gasteiger partial charge in [0.05, 0.1) is 17.4 Å². The highest BCUT2D eigenvalue weighted by atomic mass is 32.1. The van der Waals surface area contributed by atoms with Gasteiger partial charge in [0.25, 0.3) is 5.91 Å². The summed E-state index contributed by atoms with van der Waals surface area (Å²) >= 11 is 1.16. The van der Waals surface area contributed by atoms with Gasteiger partial charge in [-0.1, -0.05) is 0 Å².